The zero-order valence-electron chi connectivity index (χ0n) is 13.5. The molecular weight excluding hydrogens is 336 g/mol. The third-order valence-corrected chi connectivity index (χ3v) is 6.97. The zero-order valence-corrected chi connectivity index (χ0v) is 15.2. The maximum absolute atomic E-state index is 12.3. The van der Waals surface area contributed by atoms with Gasteiger partial charge in [-0.15, -0.1) is 0 Å². The van der Waals surface area contributed by atoms with Crippen molar-refractivity contribution in [1.29, 1.82) is 0 Å². The lowest BCUT2D eigenvalue weighted by Crippen LogP contribution is -2.44. The molecule has 23 heavy (non-hydrogen) atoms. The highest BCUT2D eigenvalue weighted by Crippen LogP contribution is 2.23. The predicted molar refractivity (Wildman–Crippen MR) is 89.9 cm³/mol. The fourth-order valence-electron chi connectivity index (χ4n) is 2.77. The number of nitrogens with zero attached hydrogens (tertiary/aromatic N) is 1. The summed E-state index contributed by atoms with van der Waals surface area (Å²) in [6, 6.07) is 6.29. The van der Waals surface area contributed by atoms with Crippen LogP contribution in [0, 0.1) is 0 Å². The molecule has 0 amide bonds. The number of sulfone groups is 1. The molecule has 1 aromatic rings. The lowest BCUT2D eigenvalue weighted by Gasteiger charge is -2.30. The molecule has 130 valence electrons. The van der Waals surface area contributed by atoms with Gasteiger partial charge in [-0.1, -0.05) is 31.4 Å². The van der Waals surface area contributed by atoms with Crippen molar-refractivity contribution in [3.8, 4) is 0 Å². The number of hydrogen-bond acceptors (Lipinski definition) is 4. The number of benzene rings is 1. The van der Waals surface area contributed by atoms with Gasteiger partial charge in [0.1, 0.15) is 0 Å². The first-order chi connectivity index (χ1) is 10.7. The van der Waals surface area contributed by atoms with E-state index in [0.717, 1.165) is 37.5 Å². The van der Waals surface area contributed by atoms with Gasteiger partial charge >= 0.3 is 0 Å². The Morgan fingerprint density at radius 2 is 1.61 bits per heavy atom. The van der Waals surface area contributed by atoms with E-state index in [1.165, 1.54) is 22.9 Å². The Hall–Kier alpha value is -0.960. The summed E-state index contributed by atoms with van der Waals surface area (Å²) in [5.41, 5.74) is 0.720. The van der Waals surface area contributed by atoms with Gasteiger partial charge in [0.15, 0.2) is 9.84 Å². The van der Waals surface area contributed by atoms with Gasteiger partial charge < -0.3 is 0 Å². The molecule has 1 aliphatic carbocycles. The monoisotopic (exact) mass is 360 g/mol. The lowest BCUT2D eigenvalue weighted by atomic mass is 9.96. The summed E-state index contributed by atoms with van der Waals surface area (Å²) in [7, 11) is -5.15. The lowest BCUT2D eigenvalue weighted by molar-refractivity contribution is 0.283. The molecule has 0 atom stereocenters. The fourth-order valence-corrected chi connectivity index (χ4v) is 4.56. The second-order valence-electron chi connectivity index (χ2n) is 6.05. The van der Waals surface area contributed by atoms with Crippen LogP contribution in [0.1, 0.15) is 37.7 Å². The van der Waals surface area contributed by atoms with E-state index in [0.29, 0.717) is 0 Å². The van der Waals surface area contributed by atoms with Crippen LogP contribution >= 0.6 is 0 Å². The molecule has 6 nitrogen and oxygen atoms in total. The summed E-state index contributed by atoms with van der Waals surface area (Å²) < 4.78 is 51.5. The summed E-state index contributed by atoms with van der Waals surface area (Å²) in [5, 5.41) is 0. The van der Waals surface area contributed by atoms with Gasteiger partial charge in [-0.3, -0.25) is 0 Å². The maximum Gasteiger partial charge on any atom is 0.279 e. The van der Waals surface area contributed by atoms with Gasteiger partial charge in [0, 0.05) is 25.9 Å². The van der Waals surface area contributed by atoms with E-state index < -0.39 is 20.0 Å². The van der Waals surface area contributed by atoms with Crippen molar-refractivity contribution in [3.05, 3.63) is 29.8 Å². The molecule has 0 radical (unpaired) electrons. The molecule has 1 saturated carbocycles. The molecule has 2 rings (SSSR count). The van der Waals surface area contributed by atoms with E-state index in [1.807, 2.05) is 0 Å². The van der Waals surface area contributed by atoms with Crippen molar-refractivity contribution in [2.24, 2.45) is 0 Å². The number of rotatable bonds is 6. The molecular formula is C15H24N2O4S2. The average Bonchev–Trinajstić information content (AvgIpc) is 2.53. The Morgan fingerprint density at radius 3 is 2.13 bits per heavy atom. The van der Waals surface area contributed by atoms with Crippen LogP contribution in [0.25, 0.3) is 0 Å². The molecule has 1 fully saturated rings. The molecule has 0 unspecified atom stereocenters. The molecule has 1 aliphatic rings. The molecule has 8 heteroatoms. The molecule has 0 heterocycles. The first-order valence-corrected chi connectivity index (χ1v) is 11.0. The van der Waals surface area contributed by atoms with Crippen molar-refractivity contribution in [2.45, 2.75) is 49.6 Å². The maximum atomic E-state index is 12.3. The average molecular weight is 361 g/mol. The van der Waals surface area contributed by atoms with Gasteiger partial charge in [-0.25, -0.2) is 8.42 Å². The van der Waals surface area contributed by atoms with E-state index in [1.54, 1.807) is 19.2 Å². The predicted octanol–water partition coefficient (Wildman–Crippen LogP) is 1.69. The van der Waals surface area contributed by atoms with E-state index in [-0.39, 0.29) is 17.5 Å². The fraction of sp³-hybridized carbons (Fsp3) is 0.600. The quantitative estimate of drug-likeness (QED) is 0.837. The summed E-state index contributed by atoms with van der Waals surface area (Å²) in [6.07, 6.45) is 6.25. The molecule has 0 bridgehead atoms. The van der Waals surface area contributed by atoms with Gasteiger partial charge in [0.25, 0.3) is 10.2 Å². The van der Waals surface area contributed by atoms with Gasteiger partial charge in [-0.2, -0.15) is 17.4 Å². The molecule has 0 aliphatic heterocycles. The van der Waals surface area contributed by atoms with Gasteiger partial charge in [0.2, 0.25) is 0 Å². The Morgan fingerprint density at radius 1 is 1.04 bits per heavy atom. The van der Waals surface area contributed by atoms with Gasteiger partial charge in [-0.05, 0) is 30.5 Å². The SMILES string of the molecule is CN(C1CCCCC1)S(=O)(=O)NCc1ccc(S(C)(=O)=O)cc1. The first kappa shape index (κ1) is 18.4. The number of hydrogen-bond donors (Lipinski definition) is 1. The van der Waals surface area contributed by atoms with Crippen molar-refractivity contribution in [2.75, 3.05) is 13.3 Å². The van der Waals surface area contributed by atoms with Crippen molar-refractivity contribution in [1.82, 2.24) is 9.03 Å². The van der Waals surface area contributed by atoms with E-state index in [9.17, 15) is 16.8 Å². The minimum absolute atomic E-state index is 0.0638. The van der Waals surface area contributed by atoms with Crippen LogP contribution in [0.4, 0.5) is 0 Å². The number of nitrogens with one attached hydrogen (secondary N) is 1. The van der Waals surface area contributed by atoms with E-state index in [4.69, 9.17) is 0 Å². The van der Waals surface area contributed by atoms with Crippen molar-refractivity contribution in [3.63, 3.8) is 0 Å². The van der Waals surface area contributed by atoms with E-state index in [2.05, 4.69) is 4.72 Å². The van der Waals surface area contributed by atoms with E-state index >= 15 is 0 Å². The zero-order chi connectivity index (χ0) is 17.1. The Balaban J connectivity index is 1.98. The topological polar surface area (TPSA) is 83.6 Å². The van der Waals surface area contributed by atoms with Crippen LogP contribution in [0.2, 0.25) is 0 Å². The summed E-state index contributed by atoms with van der Waals surface area (Å²) in [5.74, 6) is 0. The van der Waals surface area contributed by atoms with Gasteiger partial charge in [0.05, 0.1) is 4.90 Å². The van der Waals surface area contributed by atoms with Crippen LogP contribution in [0.3, 0.4) is 0 Å². The Bertz CT molecular complexity index is 721. The van der Waals surface area contributed by atoms with Crippen LogP contribution in [0.5, 0.6) is 0 Å². The van der Waals surface area contributed by atoms with Crippen molar-refractivity contribution >= 4 is 20.0 Å². The largest absolute Gasteiger partial charge is 0.279 e. The minimum atomic E-state index is -3.53. The Labute approximate surface area is 139 Å². The van der Waals surface area contributed by atoms with Crippen LogP contribution in [-0.2, 0) is 26.6 Å². The standard InChI is InChI=1S/C15H24N2O4S2/c1-17(14-6-4-3-5-7-14)23(20,21)16-12-13-8-10-15(11-9-13)22(2,18)19/h8-11,14,16H,3-7,12H2,1-2H3. The summed E-state index contributed by atoms with van der Waals surface area (Å²) in [4.78, 5) is 0.225. The summed E-state index contributed by atoms with van der Waals surface area (Å²) in [6.45, 7) is 0.142. The highest BCUT2D eigenvalue weighted by molar-refractivity contribution is 7.90. The Kier molecular flexibility index (Phi) is 5.83. The van der Waals surface area contributed by atoms with Crippen molar-refractivity contribution < 1.29 is 16.8 Å². The normalized spacial score (nSPS) is 17.5. The second-order valence-corrected chi connectivity index (χ2v) is 9.88. The highest BCUT2D eigenvalue weighted by atomic mass is 32.2. The third-order valence-electron chi connectivity index (χ3n) is 4.28. The molecule has 1 N–H and O–H groups in total. The highest BCUT2D eigenvalue weighted by Gasteiger charge is 2.27. The third kappa shape index (κ3) is 5.00. The molecule has 0 spiro atoms. The summed E-state index contributed by atoms with van der Waals surface area (Å²) >= 11 is 0. The van der Waals surface area contributed by atoms with Crippen LogP contribution in [0.15, 0.2) is 29.2 Å². The smallest absolute Gasteiger partial charge is 0.224 e. The van der Waals surface area contributed by atoms with Crippen LogP contribution in [-0.4, -0.2) is 40.5 Å². The molecule has 0 saturated heterocycles. The van der Waals surface area contributed by atoms with Crippen LogP contribution < -0.4 is 4.72 Å². The minimum Gasteiger partial charge on any atom is -0.224 e. The first-order valence-electron chi connectivity index (χ1n) is 7.72. The molecule has 1 aromatic carbocycles. The second kappa shape index (κ2) is 7.29. The molecule has 0 aromatic heterocycles.